The summed E-state index contributed by atoms with van der Waals surface area (Å²) in [6, 6.07) is 25.2. The van der Waals surface area contributed by atoms with Gasteiger partial charge >= 0.3 is 0 Å². The van der Waals surface area contributed by atoms with Crippen molar-refractivity contribution in [3.8, 4) is 11.1 Å². The van der Waals surface area contributed by atoms with E-state index in [4.69, 9.17) is 5.73 Å². The first-order chi connectivity index (χ1) is 11.4. The summed E-state index contributed by atoms with van der Waals surface area (Å²) in [5.41, 5.74) is 10.5. The van der Waals surface area contributed by atoms with E-state index in [9.17, 15) is 0 Å². The van der Waals surface area contributed by atoms with Crippen molar-refractivity contribution in [3.05, 3.63) is 90.3 Å². The largest absolute Gasteiger partial charge is 0.325 e. The molecule has 0 aliphatic rings. The normalized spacial score (nSPS) is 11.0. The van der Waals surface area contributed by atoms with Crippen LogP contribution in [0.15, 0.2) is 79.0 Å². The van der Waals surface area contributed by atoms with Crippen molar-refractivity contribution in [3.63, 3.8) is 0 Å². The van der Waals surface area contributed by atoms with E-state index in [0.717, 1.165) is 12.2 Å². The maximum Gasteiger partial charge on any atom is 0.205 e. The molecule has 0 aliphatic heterocycles. The van der Waals surface area contributed by atoms with Crippen LogP contribution in [-0.4, -0.2) is 6.54 Å². The number of rotatable bonds is 5. The zero-order chi connectivity index (χ0) is 15.9. The van der Waals surface area contributed by atoms with Crippen molar-refractivity contribution < 1.29 is 4.57 Å². The number of benzene rings is 2. The van der Waals surface area contributed by atoms with E-state index in [1.54, 1.807) is 0 Å². The first-order valence-corrected chi connectivity index (χ1v) is 7.89. The number of nitrogens with zero attached hydrogens (tertiary/aromatic N) is 1. The van der Waals surface area contributed by atoms with Gasteiger partial charge in [-0.15, -0.1) is 0 Å². The molecule has 3 rings (SSSR count). The van der Waals surface area contributed by atoms with Crippen molar-refractivity contribution in [2.75, 3.05) is 6.54 Å². The summed E-state index contributed by atoms with van der Waals surface area (Å²) >= 11 is 0. The maximum absolute atomic E-state index is 5.66. The Labute approximate surface area is 137 Å². The van der Waals surface area contributed by atoms with Crippen LogP contribution in [0.25, 0.3) is 23.3 Å². The van der Waals surface area contributed by atoms with Crippen molar-refractivity contribution in [2.45, 2.75) is 6.54 Å². The van der Waals surface area contributed by atoms with Gasteiger partial charge in [0.1, 0.15) is 0 Å². The topological polar surface area (TPSA) is 29.9 Å². The summed E-state index contributed by atoms with van der Waals surface area (Å²) in [4.78, 5) is 0. The Bertz CT molecular complexity index is 774. The molecule has 0 unspecified atom stereocenters. The van der Waals surface area contributed by atoms with Gasteiger partial charge in [-0.25, -0.2) is 0 Å². The highest BCUT2D eigenvalue weighted by Gasteiger charge is 2.04. The quantitative estimate of drug-likeness (QED) is 0.714. The average molecular weight is 301 g/mol. The Morgan fingerprint density at radius 1 is 0.739 bits per heavy atom. The van der Waals surface area contributed by atoms with Gasteiger partial charge in [0.25, 0.3) is 0 Å². The number of pyridine rings is 1. The Morgan fingerprint density at radius 3 is 2.17 bits per heavy atom. The highest BCUT2D eigenvalue weighted by molar-refractivity contribution is 5.70. The molecule has 0 amide bonds. The summed E-state index contributed by atoms with van der Waals surface area (Å²) in [6.07, 6.45) is 6.33. The molecular weight excluding hydrogens is 280 g/mol. The van der Waals surface area contributed by atoms with Crippen LogP contribution in [0.1, 0.15) is 11.3 Å². The van der Waals surface area contributed by atoms with Crippen LogP contribution >= 0.6 is 0 Å². The summed E-state index contributed by atoms with van der Waals surface area (Å²) in [5, 5.41) is 0. The van der Waals surface area contributed by atoms with Crippen LogP contribution in [0.5, 0.6) is 0 Å². The molecule has 114 valence electrons. The predicted octanol–water partition coefficient (Wildman–Crippen LogP) is 3.77. The first kappa shape index (κ1) is 15.2. The second-order valence-electron chi connectivity index (χ2n) is 5.43. The van der Waals surface area contributed by atoms with Gasteiger partial charge in [-0.2, -0.15) is 4.57 Å². The van der Waals surface area contributed by atoms with Crippen molar-refractivity contribution >= 4 is 12.2 Å². The van der Waals surface area contributed by atoms with E-state index in [2.05, 4.69) is 77.5 Å². The Kier molecular flexibility index (Phi) is 4.97. The van der Waals surface area contributed by atoms with E-state index in [1.165, 1.54) is 16.7 Å². The zero-order valence-corrected chi connectivity index (χ0v) is 13.1. The van der Waals surface area contributed by atoms with Gasteiger partial charge in [-0.05, 0) is 28.8 Å². The van der Waals surface area contributed by atoms with E-state index < -0.39 is 0 Å². The zero-order valence-electron chi connectivity index (χ0n) is 13.1. The Balaban J connectivity index is 1.79. The molecule has 0 radical (unpaired) electrons. The summed E-state index contributed by atoms with van der Waals surface area (Å²) in [6.45, 7) is 1.47. The molecule has 0 saturated heterocycles. The second-order valence-corrected chi connectivity index (χ2v) is 5.43. The van der Waals surface area contributed by atoms with Gasteiger partial charge in [0.15, 0.2) is 12.7 Å². The lowest BCUT2D eigenvalue weighted by Crippen LogP contribution is -2.39. The van der Waals surface area contributed by atoms with Gasteiger partial charge in [0, 0.05) is 18.2 Å². The third-order valence-corrected chi connectivity index (χ3v) is 3.81. The van der Waals surface area contributed by atoms with Gasteiger partial charge < -0.3 is 5.73 Å². The lowest BCUT2D eigenvalue weighted by atomic mass is 10.0. The van der Waals surface area contributed by atoms with Gasteiger partial charge in [-0.3, -0.25) is 0 Å². The minimum absolute atomic E-state index is 0.640. The molecule has 2 aromatic carbocycles. The Hall–Kier alpha value is -2.71. The van der Waals surface area contributed by atoms with Crippen molar-refractivity contribution in [1.29, 1.82) is 0 Å². The fourth-order valence-electron chi connectivity index (χ4n) is 2.58. The van der Waals surface area contributed by atoms with Gasteiger partial charge in [-0.1, -0.05) is 54.6 Å². The monoisotopic (exact) mass is 301 g/mol. The van der Waals surface area contributed by atoms with Gasteiger partial charge in [0.2, 0.25) is 5.69 Å². The molecule has 23 heavy (non-hydrogen) atoms. The molecule has 0 atom stereocenters. The standard InChI is InChI=1S/C21H21N2/c22-15-17-23-16-5-4-8-21(23)14-11-18-9-12-20(13-10-18)19-6-2-1-3-7-19/h1-14,16H,15,17,22H2/q+1/b14-11+. The van der Waals surface area contributed by atoms with E-state index in [0.29, 0.717) is 6.54 Å². The molecule has 0 bridgehead atoms. The summed E-state index contributed by atoms with van der Waals surface area (Å²) in [7, 11) is 0. The third kappa shape index (κ3) is 3.93. The molecule has 0 fully saturated rings. The molecule has 0 saturated carbocycles. The fraction of sp³-hybridized carbons (Fsp3) is 0.0952. The first-order valence-electron chi connectivity index (χ1n) is 7.89. The lowest BCUT2D eigenvalue weighted by Gasteiger charge is -2.02. The molecule has 1 heterocycles. The second kappa shape index (κ2) is 7.52. The molecule has 2 heteroatoms. The molecule has 0 aliphatic carbocycles. The number of aromatic nitrogens is 1. The molecule has 2 nitrogen and oxygen atoms in total. The van der Waals surface area contributed by atoms with Crippen LogP contribution < -0.4 is 10.3 Å². The lowest BCUT2D eigenvalue weighted by molar-refractivity contribution is -0.696. The molecular formula is C21H21N2+. The summed E-state index contributed by atoms with van der Waals surface area (Å²) in [5.74, 6) is 0. The van der Waals surface area contributed by atoms with Crippen molar-refractivity contribution in [1.82, 2.24) is 0 Å². The Morgan fingerprint density at radius 2 is 1.43 bits per heavy atom. The number of hydrogen-bond donors (Lipinski definition) is 1. The minimum atomic E-state index is 0.640. The van der Waals surface area contributed by atoms with E-state index in [1.807, 2.05) is 18.2 Å². The maximum atomic E-state index is 5.66. The van der Waals surface area contributed by atoms with Crippen LogP contribution in [-0.2, 0) is 6.54 Å². The van der Waals surface area contributed by atoms with Crippen LogP contribution in [0.2, 0.25) is 0 Å². The summed E-state index contributed by atoms with van der Waals surface area (Å²) < 4.78 is 2.16. The number of nitrogens with two attached hydrogens (primary N) is 1. The molecule has 2 N–H and O–H groups in total. The molecule has 0 spiro atoms. The van der Waals surface area contributed by atoms with Gasteiger partial charge in [0.05, 0.1) is 6.54 Å². The molecule has 1 aromatic heterocycles. The van der Waals surface area contributed by atoms with Crippen LogP contribution in [0.4, 0.5) is 0 Å². The van der Waals surface area contributed by atoms with Crippen molar-refractivity contribution in [2.24, 2.45) is 5.73 Å². The predicted molar refractivity (Wildman–Crippen MR) is 96.5 cm³/mol. The van der Waals surface area contributed by atoms with Crippen LogP contribution in [0.3, 0.4) is 0 Å². The van der Waals surface area contributed by atoms with E-state index in [-0.39, 0.29) is 0 Å². The number of hydrogen-bond acceptors (Lipinski definition) is 1. The average Bonchev–Trinajstić information content (AvgIpc) is 2.62. The fourth-order valence-corrected chi connectivity index (χ4v) is 2.58. The smallest absolute Gasteiger partial charge is 0.205 e. The minimum Gasteiger partial charge on any atom is -0.325 e. The SMILES string of the molecule is NCC[n+]1ccccc1/C=C/c1ccc(-c2ccccc2)cc1. The highest BCUT2D eigenvalue weighted by Crippen LogP contribution is 2.19. The highest BCUT2D eigenvalue weighted by atomic mass is 15.0. The third-order valence-electron chi connectivity index (χ3n) is 3.81. The van der Waals surface area contributed by atoms with Crippen LogP contribution in [0, 0.1) is 0 Å². The molecule has 3 aromatic rings. The van der Waals surface area contributed by atoms with E-state index >= 15 is 0 Å².